The van der Waals surface area contributed by atoms with Crippen molar-refractivity contribution >= 4 is 5.97 Å². The van der Waals surface area contributed by atoms with E-state index in [0.29, 0.717) is 12.8 Å². The molecule has 0 aromatic heterocycles. The SMILES string of the molecule is CCCCCCCCCCCCCCCCCCCC[C@H]1C[C@H]1CCCCCCCCCCCCCCC1C[C@H]1CCCCCCCCCCC[C@@H](O)[C@@H](CC)C(=O)O. The van der Waals surface area contributed by atoms with Crippen LogP contribution >= 0.6 is 0 Å². The van der Waals surface area contributed by atoms with Gasteiger partial charge in [-0.3, -0.25) is 4.79 Å². The number of rotatable bonds is 49. The van der Waals surface area contributed by atoms with E-state index in [4.69, 9.17) is 5.11 Å². The van der Waals surface area contributed by atoms with E-state index in [1.807, 2.05) is 6.92 Å². The van der Waals surface area contributed by atoms with Crippen LogP contribution in [0.1, 0.15) is 316 Å². The number of aliphatic hydroxyl groups is 1. The average molecular weight is 829 g/mol. The van der Waals surface area contributed by atoms with Gasteiger partial charge in [0.15, 0.2) is 0 Å². The molecule has 350 valence electrons. The standard InChI is InChI=1S/C56H108O3/c1-3-5-6-7-8-9-10-11-12-13-14-15-16-19-23-28-33-38-43-50-48-51(50)44-39-34-29-24-20-17-18-21-25-30-35-40-45-52-49-53(52)46-41-36-31-26-22-27-32-37-42-47-55(57)54(4-2)56(58)59/h50-55,57H,3-49H2,1-2H3,(H,58,59)/t50-,51+,52?,53+,54+,55+/m0/s1. The van der Waals surface area contributed by atoms with E-state index >= 15 is 0 Å². The normalized spacial score (nSPS) is 19.6. The fraction of sp³-hybridized carbons (Fsp3) is 0.982. The maximum Gasteiger partial charge on any atom is 0.309 e. The van der Waals surface area contributed by atoms with Crippen molar-refractivity contribution in [2.75, 3.05) is 0 Å². The number of hydrogen-bond acceptors (Lipinski definition) is 2. The lowest BCUT2D eigenvalue weighted by Gasteiger charge is -2.17. The molecular weight excluding hydrogens is 721 g/mol. The largest absolute Gasteiger partial charge is 0.481 e. The zero-order chi connectivity index (χ0) is 42.3. The molecule has 59 heavy (non-hydrogen) atoms. The van der Waals surface area contributed by atoms with Gasteiger partial charge >= 0.3 is 5.97 Å². The Labute approximate surface area is 371 Å². The zero-order valence-electron chi connectivity index (χ0n) is 40.5. The zero-order valence-corrected chi connectivity index (χ0v) is 40.5. The Morgan fingerprint density at radius 2 is 0.593 bits per heavy atom. The Balaban J connectivity index is 1.17. The highest BCUT2D eigenvalue weighted by Crippen LogP contribution is 2.46. The topological polar surface area (TPSA) is 57.5 Å². The first kappa shape index (κ1) is 54.6. The average Bonchev–Trinajstić information content (AvgIpc) is 4.16. The van der Waals surface area contributed by atoms with Crippen LogP contribution in [0.15, 0.2) is 0 Å². The fourth-order valence-electron chi connectivity index (χ4n) is 10.7. The van der Waals surface area contributed by atoms with E-state index in [1.165, 1.54) is 257 Å². The van der Waals surface area contributed by atoms with Crippen LogP contribution in [0.2, 0.25) is 0 Å². The number of carbonyl (C=O) groups is 1. The van der Waals surface area contributed by atoms with Crippen molar-refractivity contribution in [3.8, 4) is 0 Å². The summed E-state index contributed by atoms with van der Waals surface area (Å²) in [5.41, 5.74) is 0. The molecule has 0 radical (unpaired) electrons. The van der Waals surface area contributed by atoms with Gasteiger partial charge in [-0.15, -0.1) is 0 Å². The van der Waals surface area contributed by atoms with Gasteiger partial charge in [0.1, 0.15) is 0 Å². The van der Waals surface area contributed by atoms with E-state index in [9.17, 15) is 9.90 Å². The third-order valence-electron chi connectivity index (χ3n) is 15.3. The van der Waals surface area contributed by atoms with Gasteiger partial charge in [-0.1, -0.05) is 290 Å². The van der Waals surface area contributed by atoms with Crippen LogP contribution in [0.3, 0.4) is 0 Å². The third-order valence-corrected chi connectivity index (χ3v) is 15.3. The highest BCUT2D eigenvalue weighted by atomic mass is 16.4. The van der Waals surface area contributed by atoms with E-state index in [-0.39, 0.29) is 0 Å². The molecule has 3 heteroatoms. The van der Waals surface area contributed by atoms with Crippen LogP contribution in [0.25, 0.3) is 0 Å². The lowest BCUT2D eigenvalue weighted by atomic mass is 9.95. The summed E-state index contributed by atoms with van der Waals surface area (Å²) in [6, 6.07) is 0. The predicted molar refractivity (Wildman–Crippen MR) is 259 cm³/mol. The van der Waals surface area contributed by atoms with Gasteiger partial charge in [0, 0.05) is 0 Å². The van der Waals surface area contributed by atoms with E-state index in [0.717, 1.165) is 36.5 Å². The first-order valence-corrected chi connectivity index (χ1v) is 28.0. The molecule has 3 nitrogen and oxygen atoms in total. The second-order valence-electron chi connectivity index (χ2n) is 20.8. The van der Waals surface area contributed by atoms with Gasteiger partial charge in [0.25, 0.3) is 0 Å². The molecule has 0 spiro atoms. The molecule has 0 bridgehead atoms. The molecule has 2 fully saturated rings. The summed E-state index contributed by atoms with van der Waals surface area (Å²) in [6.45, 7) is 4.16. The first-order valence-electron chi connectivity index (χ1n) is 28.0. The number of carboxylic acids is 1. The van der Waals surface area contributed by atoms with Gasteiger partial charge in [-0.2, -0.15) is 0 Å². The van der Waals surface area contributed by atoms with Crippen LogP contribution < -0.4 is 0 Å². The molecule has 2 aliphatic rings. The smallest absolute Gasteiger partial charge is 0.309 e. The third kappa shape index (κ3) is 33.6. The van der Waals surface area contributed by atoms with Crippen molar-refractivity contribution in [3.05, 3.63) is 0 Å². The lowest BCUT2D eigenvalue weighted by Crippen LogP contribution is -2.27. The molecule has 0 saturated heterocycles. The molecule has 0 aliphatic heterocycles. The summed E-state index contributed by atoms with van der Waals surface area (Å²) in [4.78, 5) is 11.2. The molecule has 2 N–H and O–H groups in total. The molecule has 0 aromatic carbocycles. The minimum absolute atomic E-state index is 0.512. The quantitative estimate of drug-likeness (QED) is 0.0601. The number of hydrogen-bond donors (Lipinski definition) is 2. The minimum Gasteiger partial charge on any atom is -0.481 e. The molecule has 0 amide bonds. The monoisotopic (exact) mass is 829 g/mol. The van der Waals surface area contributed by atoms with Crippen molar-refractivity contribution in [1.82, 2.24) is 0 Å². The van der Waals surface area contributed by atoms with Crippen molar-refractivity contribution in [1.29, 1.82) is 0 Å². The number of aliphatic carboxylic acids is 1. The molecule has 2 aliphatic carbocycles. The van der Waals surface area contributed by atoms with Crippen molar-refractivity contribution in [2.45, 2.75) is 322 Å². The number of unbranched alkanes of at least 4 members (excludes halogenated alkanes) is 36. The molecule has 0 aromatic rings. The molecule has 0 heterocycles. The van der Waals surface area contributed by atoms with E-state index in [1.54, 1.807) is 19.3 Å². The molecule has 6 atom stereocenters. The highest BCUT2D eigenvalue weighted by molar-refractivity contribution is 5.70. The Hall–Kier alpha value is -0.570. The Kier molecular flexibility index (Phi) is 37.2. The summed E-state index contributed by atoms with van der Waals surface area (Å²) in [5, 5.41) is 19.2. The predicted octanol–water partition coefficient (Wildman–Crippen LogP) is 18.9. The van der Waals surface area contributed by atoms with Gasteiger partial charge in [0.05, 0.1) is 12.0 Å². The Morgan fingerprint density at radius 1 is 0.373 bits per heavy atom. The van der Waals surface area contributed by atoms with E-state index in [2.05, 4.69) is 6.92 Å². The van der Waals surface area contributed by atoms with Gasteiger partial charge < -0.3 is 10.2 Å². The fourth-order valence-corrected chi connectivity index (χ4v) is 10.7. The summed E-state index contributed by atoms with van der Waals surface area (Å²) >= 11 is 0. The van der Waals surface area contributed by atoms with Crippen LogP contribution in [0.4, 0.5) is 0 Å². The first-order chi connectivity index (χ1) is 29.1. The Morgan fingerprint density at radius 3 is 0.814 bits per heavy atom. The summed E-state index contributed by atoms with van der Waals surface area (Å²) in [6.07, 6.45) is 65.7. The van der Waals surface area contributed by atoms with Crippen LogP contribution in [0, 0.1) is 29.6 Å². The van der Waals surface area contributed by atoms with Gasteiger partial charge in [0.2, 0.25) is 0 Å². The number of aliphatic hydroxyl groups excluding tert-OH is 1. The maximum atomic E-state index is 11.2. The summed E-state index contributed by atoms with van der Waals surface area (Å²) in [5.74, 6) is 2.92. The maximum absolute atomic E-state index is 11.2. The highest BCUT2D eigenvalue weighted by Gasteiger charge is 2.35. The van der Waals surface area contributed by atoms with Crippen LogP contribution in [-0.4, -0.2) is 22.3 Å². The second-order valence-corrected chi connectivity index (χ2v) is 20.8. The van der Waals surface area contributed by atoms with Crippen molar-refractivity contribution < 1.29 is 15.0 Å². The van der Waals surface area contributed by atoms with Crippen molar-refractivity contribution in [3.63, 3.8) is 0 Å². The molecule has 2 rings (SSSR count). The second kappa shape index (κ2) is 40.2. The Bertz CT molecular complexity index is 886. The van der Waals surface area contributed by atoms with Crippen LogP contribution in [-0.2, 0) is 4.79 Å². The van der Waals surface area contributed by atoms with E-state index < -0.39 is 18.0 Å². The van der Waals surface area contributed by atoms with Gasteiger partial charge in [-0.25, -0.2) is 0 Å². The lowest BCUT2D eigenvalue weighted by molar-refractivity contribution is -0.146. The molecule has 1 unspecified atom stereocenters. The number of carboxylic acid groups (broad SMARTS) is 1. The van der Waals surface area contributed by atoms with Crippen LogP contribution in [0.5, 0.6) is 0 Å². The molecular formula is C56H108O3. The summed E-state index contributed by atoms with van der Waals surface area (Å²) < 4.78 is 0. The molecule has 2 saturated carbocycles. The summed E-state index contributed by atoms with van der Waals surface area (Å²) in [7, 11) is 0. The van der Waals surface area contributed by atoms with Crippen molar-refractivity contribution in [2.24, 2.45) is 29.6 Å². The van der Waals surface area contributed by atoms with Gasteiger partial charge in [-0.05, 0) is 49.4 Å². The minimum atomic E-state index is -0.856.